The number of hydrogen-bond acceptors (Lipinski definition) is 5. The van der Waals surface area contributed by atoms with Crippen LogP contribution in [-0.4, -0.2) is 35.1 Å². The summed E-state index contributed by atoms with van der Waals surface area (Å²) < 4.78 is 31.6. The van der Waals surface area contributed by atoms with E-state index in [0.717, 1.165) is 21.2 Å². The molecular formula is C12H12BBr2NO5S. The fraction of sp³-hybridized carbons (Fsp3) is 0.0833. The van der Waals surface area contributed by atoms with Crippen LogP contribution in [-0.2, 0) is 10.1 Å². The minimum Gasteiger partial charge on any atom is -0.423 e. The minimum atomic E-state index is -4.21. The summed E-state index contributed by atoms with van der Waals surface area (Å²) in [5, 5.41) is 17.3. The van der Waals surface area contributed by atoms with Gasteiger partial charge in [-0.15, -0.1) is 0 Å². The molecule has 0 saturated carbocycles. The predicted octanol–water partition coefficient (Wildman–Crippen LogP) is 1.53. The Morgan fingerprint density at radius 1 is 1.14 bits per heavy atom. The van der Waals surface area contributed by atoms with Crippen molar-refractivity contribution in [2.45, 2.75) is 11.8 Å². The lowest BCUT2D eigenvalue weighted by molar-refractivity contribution is 0.425. The van der Waals surface area contributed by atoms with Crippen LogP contribution in [0.1, 0.15) is 5.56 Å². The quantitative estimate of drug-likeness (QED) is 0.362. The van der Waals surface area contributed by atoms with Crippen molar-refractivity contribution in [2.24, 2.45) is 0 Å². The zero-order valence-electron chi connectivity index (χ0n) is 11.3. The molecule has 1 aromatic carbocycles. The van der Waals surface area contributed by atoms with E-state index in [9.17, 15) is 8.42 Å². The topological polar surface area (TPSA) is 108 Å². The maximum Gasteiger partial charge on any atom is 0.488 e. The molecule has 0 aliphatic rings. The first-order valence-electron chi connectivity index (χ1n) is 5.82. The van der Waals surface area contributed by atoms with E-state index < -0.39 is 17.2 Å². The number of halogens is 2. The van der Waals surface area contributed by atoms with Crippen LogP contribution in [0.15, 0.2) is 50.5 Å². The van der Waals surface area contributed by atoms with Crippen molar-refractivity contribution in [1.29, 1.82) is 0 Å². The minimum absolute atomic E-state index is 0.160. The zero-order valence-corrected chi connectivity index (χ0v) is 15.3. The maximum absolute atomic E-state index is 10.5. The lowest BCUT2D eigenvalue weighted by atomic mass is 9.81. The van der Waals surface area contributed by atoms with Gasteiger partial charge in [-0.25, -0.2) is 4.98 Å². The van der Waals surface area contributed by atoms with Crippen molar-refractivity contribution in [2.75, 3.05) is 0 Å². The number of aromatic nitrogens is 1. The fourth-order valence-corrected chi connectivity index (χ4v) is 2.46. The average Bonchev–Trinajstić information content (AvgIpc) is 2.43. The van der Waals surface area contributed by atoms with Crippen LogP contribution in [0.2, 0.25) is 0 Å². The molecule has 10 heteroatoms. The molecule has 0 amide bonds. The van der Waals surface area contributed by atoms with E-state index in [0.29, 0.717) is 0 Å². The molecule has 22 heavy (non-hydrogen) atoms. The second kappa shape index (κ2) is 8.18. The lowest BCUT2D eigenvalue weighted by Gasteiger charge is -1.99. The summed E-state index contributed by atoms with van der Waals surface area (Å²) in [6, 6.07) is 6.54. The predicted molar refractivity (Wildman–Crippen MR) is 90.5 cm³/mol. The van der Waals surface area contributed by atoms with Gasteiger partial charge in [0.2, 0.25) is 0 Å². The van der Waals surface area contributed by atoms with Crippen molar-refractivity contribution < 1.29 is 23.0 Å². The molecule has 0 aliphatic heterocycles. The van der Waals surface area contributed by atoms with E-state index in [1.54, 1.807) is 6.20 Å². The summed E-state index contributed by atoms with van der Waals surface area (Å²) in [6.07, 6.45) is 1.78. The molecule has 0 fully saturated rings. The Kier molecular flexibility index (Phi) is 7.17. The van der Waals surface area contributed by atoms with Crippen LogP contribution >= 0.6 is 31.9 Å². The molecular weight excluding hydrogens is 441 g/mol. The van der Waals surface area contributed by atoms with E-state index in [1.165, 1.54) is 17.7 Å². The van der Waals surface area contributed by atoms with E-state index >= 15 is 0 Å². The first-order valence-corrected chi connectivity index (χ1v) is 8.85. The average molecular weight is 453 g/mol. The molecule has 1 heterocycles. The van der Waals surface area contributed by atoms with Gasteiger partial charge in [0, 0.05) is 10.7 Å². The molecule has 1 aromatic heterocycles. The van der Waals surface area contributed by atoms with Crippen LogP contribution in [0, 0.1) is 6.92 Å². The molecule has 0 radical (unpaired) electrons. The molecule has 3 N–H and O–H groups in total. The number of hydrogen-bond donors (Lipinski definition) is 3. The maximum atomic E-state index is 10.5. The Morgan fingerprint density at radius 2 is 1.68 bits per heavy atom. The van der Waals surface area contributed by atoms with Gasteiger partial charge in [-0.05, 0) is 68.0 Å². The molecule has 0 saturated heterocycles. The summed E-state index contributed by atoms with van der Waals surface area (Å²) in [4.78, 5) is 3.73. The van der Waals surface area contributed by atoms with Crippen molar-refractivity contribution in [3.05, 3.63) is 51.2 Å². The second-order valence-corrected chi connectivity index (χ2v) is 7.26. The highest BCUT2D eigenvalue weighted by Gasteiger charge is 2.13. The number of aryl methyl sites for hydroxylation is 1. The van der Waals surface area contributed by atoms with Gasteiger partial charge >= 0.3 is 7.12 Å². The molecule has 6 nitrogen and oxygen atoms in total. The molecule has 2 rings (SSSR count). The highest BCUT2D eigenvalue weighted by molar-refractivity contribution is 9.11. The number of benzene rings is 1. The highest BCUT2D eigenvalue weighted by atomic mass is 79.9. The van der Waals surface area contributed by atoms with Gasteiger partial charge in [-0.3, -0.25) is 4.55 Å². The van der Waals surface area contributed by atoms with Crippen LogP contribution in [0.25, 0.3) is 0 Å². The molecule has 0 unspecified atom stereocenters. The molecule has 2 aromatic rings. The normalized spacial score (nSPS) is 10.6. The molecule has 0 aliphatic carbocycles. The number of rotatable bonds is 2. The van der Waals surface area contributed by atoms with E-state index in [-0.39, 0.29) is 10.4 Å². The monoisotopic (exact) mass is 451 g/mol. The summed E-state index contributed by atoms with van der Waals surface area (Å²) in [6.45, 7) is 2.02. The van der Waals surface area contributed by atoms with Crippen molar-refractivity contribution in [3.8, 4) is 0 Å². The largest absolute Gasteiger partial charge is 0.488 e. The third-order valence-electron chi connectivity index (χ3n) is 2.49. The first-order chi connectivity index (χ1) is 10.1. The molecule has 0 atom stereocenters. The van der Waals surface area contributed by atoms with Gasteiger partial charge in [-0.2, -0.15) is 8.42 Å². The third kappa shape index (κ3) is 6.15. The van der Waals surface area contributed by atoms with Crippen molar-refractivity contribution in [1.82, 2.24) is 4.98 Å². The van der Waals surface area contributed by atoms with Crippen LogP contribution in [0.4, 0.5) is 0 Å². The summed E-state index contributed by atoms with van der Waals surface area (Å²) in [5.41, 5.74) is 1.35. The Hall–Kier alpha value is -0.775. The van der Waals surface area contributed by atoms with Crippen LogP contribution in [0.5, 0.6) is 0 Å². The van der Waals surface area contributed by atoms with Gasteiger partial charge < -0.3 is 10.0 Å². The standard InChI is InChI=1S/C6H7BO5S.C6H5Br2N/c8-7(9)5-1-3-6(4-2-5)13(10,11)12;1-4-2-6(8)9-3-5(4)7/h1-4,8-9H,(H,10,11,12);2-3H,1H3. The van der Waals surface area contributed by atoms with Crippen LogP contribution < -0.4 is 5.46 Å². The highest BCUT2D eigenvalue weighted by Crippen LogP contribution is 2.17. The smallest absolute Gasteiger partial charge is 0.423 e. The Morgan fingerprint density at radius 3 is 2.05 bits per heavy atom. The first kappa shape index (κ1) is 19.3. The number of pyridine rings is 1. The Labute approximate surface area is 145 Å². The van der Waals surface area contributed by atoms with Gasteiger partial charge in [0.25, 0.3) is 10.1 Å². The van der Waals surface area contributed by atoms with E-state index in [1.807, 2.05) is 13.0 Å². The van der Waals surface area contributed by atoms with Gasteiger partial charge in [0.15, 0.2) is 0 Å². The summed E-state index contributed by atoms with van der Waals surface area (Å²) in [5.74, 6) is 0. The lowest BCUT2D eigenvalue weighted by Crippen LogP contribution is -2.29. The van der Waals surface area contributed by atoms with Crippen LogP contribution in [0.3, 0.4) is 0 Å². The third-order valence-corrected chi connectivity index (χ3v) is 4.62. The molecule has 0 bridgehead atoms. The molecule has 118 valence electrons. The summed E-state index contributed by atoms with van der Waals surface area (Å²) in [7, 11) is -5.85. The molecule has 0 spiro atoms. The number of nitrogens with zero attached hydrogens (tertiary/aromatic N) is 1. The zero-order chi connectivity index (χ0) is 16.9. The fourth-order valence-electron chi connectivity index (χ4n) is 1.32. The van der Waals surface area contributed by atoms with E-state index in [4.69, 9.17) is 14.6 Å². The van der Waals surface area contributed by atoms with E-state index in [2.05, 4.69) is 36.8 Å². The Balaban J connectivity index is 0.000000235. The summed E-state index contributed by atoms with van der Waals surface area (Å²) >= 11 is 6.61. The second-order valence-electron chi connectivity index (χ2n) is 4.17. The SMILES string of the molecule is Cc1cc(Br)ncc1Br.O=S(=O)(O)c1ccc(B(O)O)cc1. The van der Waals surface area contributed by atoms with Gasteiger partial charge in [0.05, 0.1) is 4.90 Å². The van der Waals surface area contributed by atoms with Crippen molar-refractivity contribution >= 4 is 54.6 Å². The Bertz CT molecular complexity index is 738. The van der Waals surface area contributed by atoms with Gasteiger partial charge in [-0.1, -0.05) is 12.1 Å². The van der Waals surface area contributed by atoms with Crippen molar-refractivity contribution in [3.63, 3.8) is 0 Å². The van der Waals surface area contributed by atoms with Gasteiger partial charge in [0.1, 0.15) is 4.60 Å².